The molecule has 3 aliphatic rings. The fraction of sp³-hybridized carbons (Fsp3) is 0.778. The van der Waals surface area contributed by atoms with Gasteiger partial charge >= 0.3 is 0 Å². The lowest BCUT2D eigenvalue weighted by atomic mass is 10.2. The summed E-state index contributed by atoms with van der Waals surface area (Å²) in [7, 11) is 0. The third kappa shape index (κ3) is 3.51. The van der Waals surface area contributed by atoms with Crippen molar-refractivity contribution in [2.45, 2.75) is 57.5 Å². The summed E-state index contributed by atoms with van der Waals surface area (Å²) in [4.78, 5) is 2.62. The van der Waals surface area contributed by atoms with Crippen LogP contribution >= 0.6 is 0 Å². The maximum absolute atomic E-state index is 6.11. The van der Waals surface area contributed by atoms with Crippen LogP contribution in [-0.2, 0) is 6.54 Å². The third-order valence-electron chi connectivity index (χ3n) is 5.39. The Hall–Kier alpha value is -0.800. The first-order chi connectivity index (χ1) is 10.3. The molecule has 3 nitrogen and oxygen atoms in total. The lowest BCUT2D eigenvalue weighted by Gasteiger charge is -2.24. The molecule has 0 radical (unpaired) electrons. The highest BCUT2D eigenvalue weighted by Crippen LogP contribution is 2.47. The normalized spacial score (nSPS) is 32.0. The van der Waals surface area contributed by atoms with E-state index in [2.05, 4.69) is 29.3 Å². The van der Waals surface area contributed by atoms with Crippen molar-refractivity contribution >= 4 is 0 Å². The van der Waals surface area contributed by atoms with Crippen LogP contribution in [-0.4, -0.2) is 30.6 Å². The van der Waals surface area contributed by atoms with Crippen molar-refractivity contribution in [1.29, 1.82) is 0 Å². The van der Waals surface area contributed by atoms with E-state index in [-0.39, 0.29) is 0 Å². The smallest absolute Gasteiger partial charge is 0.118 e. The maximum Gasteiger partial charge on any atom is 0.118 e. The van der Waals surface area contributed by atoms with Crippen LogP contribution in [0.1, 0.15) is 56.5 Å². The molecule has 2 aliphatic carbocycles. The Morgan fingerprint density at radius 3 is 2.76 bits per heavy atom. The van der Waals surface area contributed by atoms with Gasteiger partial charge in [-0.15, -0.1) is 0 Å². The minimum atomic E-state index is 0.696. The lowest BCUT2D eigenvalue weighted by molar-refractivity contribution is 0.213. The Kier molecular flexibility index (Phi) is 3.80. The maximum atomic E-state index is 6.11. The van der Waals surface area contributed by atoms with Crippen LogP contribution in [0.5, 0.6) is 0 Å². The second kappa shape index (κ2) is 5.77. The quantitative estimate of drug-likeness (QED) is 0.834. The molecule has 0 bridgehead atoms. The molecule has 1 aromatic rings. The van der Waals surface area contributed by atoms with Gasteiger partial charge in [-0.05, 0) is 62.6 Å². The van der Waals surface area contributed by atoms with Crippen LogP contribution in [0.2, 0.25) is 0 Å². The highest BCUT2D eigenvalue weighted by Gasteiger charge is 2.36. The van der Waals surface area contributed by atoms with Crippen LogP contribution in [0, 0.1) is 11.8 Å². The molecule has 0 aromatic carbocycles. The molecule has 3 unspecified atom stereocenters. The van der Waals surface area contributed by atoms with Gasteiger partial charge in [-0.1, -0.05) is 6.92 Å². The number of hydrogen-bond acceptors (Lipinski definition) is 3. The summed E-state index contributed by atoms with van der Waals surface area (Å²) in [5.74, 6) is 4.87. The summed E-state index contributed by atoms with van der Waals surface area (Å²) in [6.07, 6.45) is 6.84. The number of furan rings is 1. The number of nitrogens with one attached hydrogen (secondary N) is 1. The SMILES string of the molecule is CC1CC1c1ccc(CN(CC2CC2)CC2CCCN2)o1. The van der Waals surface area contributed by atoms with Crippen LogP contribution < -0.4 is 5.32 Å². The zero-order valence-electron chi connectivity index (χ0n) is 13.2. The average Bonchev–Trinajstić information content (AvgIpc) is 3.29. The van der Waals surface area contributed by atoms with Crippen LogP contribution in [0.4, 0.5) is 0 Å². The molecule has 116 valence electrons. The molecule has 3 atom stereocenters. The molecule has 2 heterocycles. The van der Waals surface area contributed by atoms with Gasteiger partial charge in [0.05, 0.1) is 6.54 Å². The molecule has 1 aromatic heterocycles. The Labute approximate surface area is 128 Å². The van der Waals surface area contributed by atoms with Gasteiger partial charge in [-0.2, -0.15) is 0 Å². The summed E-state index contributed by atoms with van der Waals surface area (Å²) in [6.45, 7) is 6.96. The summed E-state index contributed by atoms with van der Waals surface area (Å²) >= 11 is 0. The Morgan fingerprint density at radius 1 is 1.24 bits per heavy atom. The van der Waals surface area contributed by atoms with Crippen molar-refractivity contribution in [1.82, 2.24) is 10.2 Å². The molecule has 21 heavy (non-hydrogen) atoms. The topological polar surface area (TPSA) is 28.4 Å². The van der Waals surface area contributed by atoms with Crippen molar-refractivity contribution in [2.24, 2.45) is 11.8 Å². The first-order valence-electron chi connectivity index (χ1n) is 8.82. The second-order valence-electron chi connectivity index (χ2n) is 7.55. The summed E-state index contributed by atoms with van der Waals surface area (Å²) in [5.41, 5.74) is 0. The standard InChI is InChI=1S/C18H28N2O/c1-13-9-17(13)18-7-6-16(21-18)12-20(10-14-4-5-14)11-15-3-2-8-19-15/h6-7,13-15,17,19H,2-5,8-12H2,1H3. The van der Waals surface area contributed by atoms with E-state index in [1.54, 1.807) is 0 Å². The third-order valence-corrected chi connectivity index (χ3v) is 5.39. The fourth-order valence-corrected chi connectivity index (χ4v) is 3.71. The fourth-order valence-electron chi connectivity index (χ4n) is 3.71. The summed E-state index contributed by atoms with van der Waals surface area (Å²) < 4.78 is 6.11. The predicted octanol–water partition coefficient (Wildman–Crippen LogP) is 3.37. The number of nitrogens with zero attached hydrogens (tertiary/aromatic N) is 1. The van der Waals surface area contributed by atoms with Crippen molar-refractivity contribution in [3.8, 4) is 0 Å². The van der Waals surface area contributed by atoms with E-state index < -0.39 is 0 Å². The molecule has 3 fully saturated rings. The minimum absolute atomic E-state index is 0.696. The van der Waals surface area contributed by atoms with E-state index >= 15 is 0 Å². The molecule has 2 saturated carbocycles. The zero-order chi connectivity index (χ0) is 14.2. The zero-order valence-corrected chi connectivity index (χ0v) is 13.2. The van der Waals surface area contributed by atoms with Crippen molar-refractivity contribution in [3.63, 3.8) is 0 Å². The molecular weight excluding hydrogens is 260 g/mol. The van der Waals surface area contributed by atoms with E-state index in [0.29, 0.717) is 12.0 Å². The molecule has 4 rings (SSSR count). The first kappa shape index (κ1) is 13.8. The summed E-state index contributed by atoms with van der Waals surface area (Å²) in [5, 5.41) is 3.63. The average molecular weight is 288 g/mol. The molecule has 3 heteroatoms. The van der Waals surface area contributed by atoms with Gasteiger partial charge < -0.3 is 9.73 Å². The lowest BCUT2D eigenvalue weighted by Crippen LogP contribution is -2.38. The van der Waals surface area contributed by atoms with Gasteiger partial charge in [0.1, 0.15) is 11.5 Å². The van der Waals surface area contributed by atoms with Crippen LogP contribution in [0.25, 0.3) is 0 Å². The molecular formula is C18H28N2O. The Balaban J connectivity index is 1.36. The van der Waals surface area contributed by atoms with Gasteiger partial charge in [0.15, 0.2) is 0 Å². The van der Waals surface area contributed by atoms with E-state index in [9.17, 15) is 0 Å². The second-order valence-corrected chi connectivity index (χ2v) is 7.55. The number of hydrogen-bond donors (Lipinski definition) is 1. The van der Waals surface area contributed by atoms with Gasteiger partial charge in [0, 0.05) is 25.0 Å². The highest BCUT2D eigenvalue weighted by molar-refractivity contribution is 5.17. The Bertz CT molecular complexity index is 473. The van der Waals surface area contributed by atoms with Gasteiger partial charge in [0.2, 0.25) is 0 Å². The van der Waals surface area contributed by atoms with Gasteiger partial charge in [-0.3, -0.25) is 4.90 Å². The van der Waals surface area contributed by atoms with Crippen molar-refractivity contribution in [2.75, 3.05) is 19.6 Å². The van der Waals surface area contributed by atoms with E-state index in [0.717, 1.165) is 18.4 Å². The van der Waals surface area contributed by atoms with Crippen LogP contribution in [0.15, 0.2) is 16.5 Å². The number of rotatable bonds is 7. The summed E-state index contributed by atoms with van der Waals surface area (Å²) in [6, 6.07) is 5.12. The van der Waals surface area contributed by atoms with Gasteiger partial charge in [-0.25, -0.2) is 0 Å². The molecule has 0 spiro atoms. The van der Waals surface area contributed by atoms with E-state index in [1.165, 1.54) is 63.3 Å². The largest absolute Gasteiger partial charge is 0.464 e. The van der Waals surface area contributed by atoms with Crippen molar-refractivity contribution in [3.05, 3.63) is 23.7 Å². The van der Waals surface area contributed by atoms with Crippen molar-refractivity contribution < 1.29 is 4.42 Å². The molecule has 0 amide bonds. The molecule has 1 N–H and O–H groups in total. The van der Waals surface area contributed by atoms with E-state index in [4.69, 9.17) is 4.42 Å². The predicted molar refractivity (Wildman–Crippen MR) is 84.3 cm³/mol. The molecule has 1 aliphatic heterocycles. The van der Waals surface area contributed by atoms with Gasteiger partial charge in [0.25, 0.3) is 0 Å². The van der Waals surface area contributed by atoms with Crippen LogP contribution in [0.3, 0.4) is 0 Å². The first-order valence-corrected chi connectivity index (χ1v) is 8.82. The van der Waals surface area contributed by atoms with E-state index in [1.807, 2.05) is 0 Å². The molecule has 1 saturated heterocycles. The Morgan fingerprint density at radius 2 is 2.10 bits per heavy atom. The minimum Gasteiger partial charge on any atom is -0.464 e. The monoisotopic (exact) mass is 288 g/mol. The highest BCUT2D eigenvalue weighted by atomic mass is 16.3.